The van der Waals surface area contributed by atoms with Gasteiger partial charge in [-0.3, -0.25) is 9.59 Å². The van der Waals surface area contributed by atoms with Gasteiger partial charge in [0, 0.05) is 16.7 Å². The molecule has 0 unspecified atom stereocenters. The Morgan fingerprint density at radius 3 is 2.41 bits per heavy atom. The molecule has 4 aliphatic rings. The molecule has 0 radical (unpaired) electrons. The number of Topliss-reactive ketones (excluding diaryl/α,β-unsaturated/α-hetero) is 1. The lowest BCUT2D eigenvalue weighted by molar-refractivity contribution is -0.180. The van der Waals surface area contributed by atoms with E-state index in [0.717, 1.165) is 18.4 Å². The third-order valence-electron chi connectivity index (χ3n) is 8.57. The number of hydrogen-bond acceptors (Lipinski definition) is 6. The average Bonchev–Trinajstić information content (AvgIpc) is 2.93. The van der Waals surface area contributed by atoms with Crippen LogP contribution in [0.1, 0.15) is 46.5 Å². The predicted molar refractivity (Wildman–Crippen MR) is 114 cm³/mol. The zero-order valence-corrected chi connectivity index (χ0v) is 19.4. The quantitative estimate of drug-likeness (QED) is 0.319. The van der Waals surface area contributed by atoms with Crippen molar-refractivity contribution < 1.29 is 44.2 Å². The van der Waals surface area contributed by atoms with Crippen molar-refractivity contribution in [1.82, 2.24) is 0 Å². The van der Waals surface area contributed by atoms with E-state index in [1.807, 2.05) is 13.0 Å². The topological polar surface area (TPSA) is 173 Å². The number of carbonyl (C=O) groups is 2. The molecular formula is C22H33O9P. The van der Waals surface area contributed by atoms with Gasteiger partial charge >= 0.3 is 7.82 Å². The number of aliphatic hydroxyl groups excluding tert-OH is 2. The minimum atomic E-state index is -4.64. The molecule has 0 aliphatic heterocycles. The summed E-state index contributed by atoms with van der Waals surface area (Å²) in [5.41, 5.74) is -1.59. The Balaban J connectivity index is 0.000000523. The third kappa shape index (κ3) is 3.98. The van der Waals surface area contributed by atoms with Gasteiger partial charge in [-0.25, -0.2) is 4.57 Å². The molecule has 10 heteroatoms. The van der Waals surface area contributed by atoms with Crippen LogP contribution in [0, 0.1) is 34.5 Å². The maximum Gasteiger partial charge on any atom is 0.466 e. The zero-order valence-electron chi connectivity index (χ0n) is 18.5. The lowest BCUT2D eigenvalue weighted by Crippen LogP contribution is -2.62. The summed E-state index contributed by atoms with van der Waals surface area (Å²) < 4.78 is 8.88. The smallest absolute Gasteiger partial charge is 0.393 e. The fraction of sp³-hybridized carbons (Fsp3) is 0.727. The van der Waals surface area contributed by atoms with Crippen molar-refractivity contribution in [2.75, 3.05) is 6.61 Å². The summed E-state index contributed by atoms with van der Waals surface area (Å²) in [6, 6.07) is 0. The number of allylic oxidation sites excluding steroid dienone is 4. The molecule has 9 nitrogen and oxygen atoms in total. The Kier molecular flexibility index (Phi) is 6.55. The van der Waals surface area contributed by atoms with Crippen LogP contribution in [0.4, 0.5) is 0 Å². The van der Waals surface area contributed by atoms with Gasteiger partial charge in [0.15, 0.2) is 11.6 Å². The minimum Gasteiger partial charge on any atom is -0.393 e. The first-order valence-electron chi connectivity index (χ1n) is 10.9. The summed E-state index contributed by atoms with van der Waals surface area (Å²) in [7, 11) is -4.64. The summed E-state index contributed by atoms with van der Waals surface area (Å²) in [6.45, 7) is 5.48. The monoisotopic (exact) mass is 472 g/mol. The number of ketones is 2. The molecule has 0 heterocycles. The molecule has 0 amide bonds. The van der Waals surface area contributed by atoms with Crippen LogP contribution < -0.4 is 0 Å². The van der Waals surface area contributed by atoms with E-state index in [4.69, 9.17) is 19.2 Å². The highest BCUT2D eigenvalue weighted by atomic mass is 31.2. The molecule has 0 saturated heterocycles. The lowest BCUT2D eigenvalue weighted by Gasteiger charge is -2.60. The molecule has 8 atom stereocenters. The second-order valence-electron chi connectivity index (χ2n) is 10.2. The largest absolute Gasteiger partial charge is 0.466 e. The zero-order chi connectivity index (χ0) is 24.3. The first kappa shape index (κ1) is 25.4. The number of hydrogen-bond donors (Lipinski definition) is 6. The number of aliphatic hydroxyl groups is 3. The number of fused-ring (bicyclic) bond motifs is 5. The minimum absolute atomic E-state index is 0.00620. The molecule has 0 aromatic rings. The molecule has 180 valence electrons. The molecule has 0 aromatic carbocycles. The number of carbonyl (C=O) groups excluding carboxylic acids is 2. The van der Waals surface area contributed by atoms with E-state index < -0.39 is 37.3 Å². The Morgan fingerprint density at radius 2 is 1.84 bits per heavy atom. The molecule has 3 saturated carbocycles. The van der Waals surface area contributed by atoms with Gasteiger partial charge in [-0.05, 0) is 55.6 Å². The van der Waals surface area contributed by atoms with Gasteiger partial charge in [0.25, 0.3) is 0 Å². The predicted octanol–water partition coefficient (Wildman–Crippen LogP) is 0.875. The summed E-state index contributed by atoms with van der Waals surface area (Å²) in [5.74, 6) is -0.0768. The second kappa shape index (κ2) is 8.24. The number of rotatable bonds is 2. The molecule has 6 N–H and O–H groups in total. The number of phosphoric acid groups is 1. The van der Waals surface area contributed by atoms with Crippen LogP contribution in [-0.2, 0) is 14.2 Å². The highest BCUT2D eigenvalue weighted by Gasteiger charge is 2.68. The second-order valence-corrected chi connectivity index (χ2v) is 11.3. The summed E-state index contributed by atoms with van der Waals surface area (Å²) in [6.07, 6.45) is 6.87. The highest BCUT2D eigenvalue weighted by molar-refractivity contribution is 7.45. The van der Waals surface area contributed by atoms with Gasteiger partial charge in [-0.15, -0.1) is 0 Å². The van der Waals surface area contributed by atoms with Crippen LogP contribution >= 0.6 is 7.82 Å². The average molecular weight is 472 g/mol. The van der Waals surface area contributed by atoms with Crippen molar-refractivity contribution in [3.05, 3.63) is 23.8 Å². The van der Waals surface area contributed by atoms with E-state index in [0.29, 0.717) is 12.8 Å². The molecule has 32 heavy (non-hydrogen) atoms. The summed E-state index contributed by atoms with van der Waals surface area (Å²) in [4.78, 5) is 45.9. The van der Waals surface area contributed by atoms with E-state index >= 15 is 0 Å². The van der Waals surface area contributed by atoms with Crippen molar-refractivity contribution in [2.45, 2.75) is 58.2 Å². The SMILES string of the molecule is C[C@H]1C[C@@H]2[C@H]([C@@H](O)C[C@@]3(C)[C@H]2CC[C@]3(O)C(=O)CO)[C@@]2(C)C=CC(=O)C=C12.O=P(O)(O)O. The van der Waals surface area contributed by atoms with Crippen molar-refractivity contribution in [1.29, 1.82) is 0 Å². The first-order chi connectivity index (χ1) is 14.6. The Hall–Kier alpha value is -1.19. The Labute approximate surface area is 187 Å². The van der Waals surface area contributed by atoms with Crippen molar-refractivity contribution in [3.8, 4) is 0 Å². The molecule has 3 fully saturated rings. The van der Waals surface area contributed by atoms with Gasteiger partial charge in [0.1, 0.15) is 12.2 Å². The van der Waals surface area contributed by atoms with E-state index in [1.165, 1.54) is 0 Å². The highest BCUT2D eigenvalue weighted by Crippen LogP contribution is 2.67. The van der Waals surface area contributed by atoms with Crippen LogP contribution in [0.2, 0.25) is 0 Å². The van der Waals surface area contributed by atoms with Gasteiger partial charge < -0.3 is 30.0 Å². The fourth-order valence-corrected chi connectivity index (χ4v) is 7.34. The van der Waals surface area contributed by atoms with Gasteiger partial charge in [-0.1, -0.05) is 32.4 Å². The fourth-order valence-electron chi connectivity index (χ4n) is 7.34. The van der Waals surface area contributed by atoms with Gasteiger partial charge in [-0.2, -0.15) is 0 Å². The van der Waals surface area contributed by atoms with Crippen LogP contribution in [0.3, 0.4) is 0 Å². The van der Waals surface area contributed by atoms with Gasteiger partial charge in [0.2, 0.25) is 0 Å². The third-order valence-corrected chi connectivity index (χ3v) is 8.57. The maximum atomic E-state index is 12.4. The van der Waals surface area contributed by atoms with E-state index in [2.05, 4.69) is 13.8 Å². The van der Waals surface area contributed by atoms with E-state index in [-0.39, 0.29) is 34.9 Å². The van der Waals surface area contributed by atoms with Gasteiger partial charge in [0.05, 0.1) is 6.10 Å². The standard InChI is InChI=1S/C22H30O5.H3O4P/c1-12-8-14-15-5-7-22(27,18(26)11-23)21(15,3)10-17(25)19(14)20(2)6-4-13(24)9-16(12)20;1-5(2,3)4/h4,6,9,12,14-15,17,19,23,25,27H,5,7-8,10-11H2,1-3H3;(H3,1,2,3,4)/t12-,14-,15-,17-,19+,20-,21-,22-;/m0./s1. The normalized spacial score (nSPS) is 45.1. The summed E-state index contributed by atoms with van der Waals surface area (Å²) in [5, 5.41) is 31.9. The Bertz CT molecular complexity index is 899. The first-order valence-corrected chi connectivity index (χ1v) is 12.4. The van der Waals surface area contributed by atoms with Crippen LogP contribution in [0.25, 0.3) is 0 Å². The molecule has 4 aliphatic carbocycles. The van der Waals surface area contributed by atoms with E-state index in [1.54, 1.807) is 12.2 Å². The van der Waals surface area contributed by atoms with Crippen molar-refractivity contribution in [2.24, 2.45) is 34.5 Å². The molecular weight excluding hydrogens is 439 g/mol. The van der Waals surface area contributed by atoms with Crippen LogP contribution in [-0.4, -0.2) is 59.9 Å². The van der Waals surface area contributed by atoms with E-state index in [9.17, 15) is 24.9 Å². The molecule has 0 aromatic heterocycles. The molecule has 0 spiro atoms. The summed E-state index contributed by atoms with van der Waals surface area (Å²) >= 11 is 0. The molecule has 4 rings (SSSR count). The van der Waals surface area contributed by atoms with Crippen LogP contribution in [0.5, 0.6) is 0 Å². The van der Waals surface area contributed by atoms with Crippen molar-refractivity contribution in [3.63, 3.8) is 0 Å². The Morgan fingerprint density at radius 1 is 1.25 bits per heavy atom. The van der Waals surface area contributed by atoms with Crippen molar-refractivity contribution >= 4 is 19.4 Å². The van der Waals surface area contributed by atoms with Crippen LogP contribution in [0.15, 0.2) is 23.8 Å². The molecule has 0 bridgehead atoms. The maximum absolute atomic E-state index is 12.4. The lowest BCUT2D eigenvalue weighted by atomic mass is 9.45.